The molecule has 0 saturated carbocycles. The van der Waals surface area contributed by atoms with Gasteiger partial charge in [-0.25, -0.2) is 9.96 Å². The van der Waals surface area contributed by atoms with Crippen LogP contribution in [0.5, 0.6) is 0 Å². The summed E-state index contributed by atoms with van der Waals surface area (Å²) in [5, 5.41) is 2.26. The molecule has 0 unspecified atom stereocenters. The number of amides is 2. The summed E-state index contributed by atoms with van der Waals surface area (Å²) in [5.74, 6) is -1.35. The third-order valence-electron chi connectivity index (χ3n) is 5.46. The molecule has 31 heavy (non-hydrogen) atoms. The molecule has 2 heterocycles. The highest BCUT2D eigenvalue weighted by Gasteiger charge is 2.60. The van der Waals surface area contributed by atoms with E-state index < -0.39 is 18.1 Å². The number of hydroxylamine groups is 1. The van der Waals surface area contributed by atoms with Gasteiger partial charge in [-0.15, -0.1) is 0 Å². The second-order valence-corrected chi connectivity index (χ2v) is 9.61. The SMILES string of the molecule is O=C1[C@@H]2[C@@H](ON(c3cccc(Br)c3)[C@H]2c2ccc(Cl)cc2)C(=O)N1c1cccc(Br)c1. The molecule has 2 aliphatic rings. The summed E-state index contributed by atoms with van der Waals surface area (Å²) in [7, 11) is 0. The van der Waals surface area contributed by atoms with E-state index in [-0.39, 0.29) is 11.8 Å². The van der Waals surface area contributed by atoms with Crippen molar-refractivity contribution in [3.05, 3.63) is 92.3 Å². The number of rotatable bonds is 3. The predicted octanol–water partition coefficient (Wildman–Crippen LogP) is 5.92. The van der Waals surface area contributed by atoms with Crippen LogP contribution in [0.2, 0.25) is 5.02 Å². The lowest BCUT2D eigenvalue weighted by atomic mass is 9.90. The third kappa shape index (κ3) is 3.59. The molecule has 3 aromatic rings. The highest BCUT2D eigenvalue weighted by Crippen LogP contribution is 2.48. The third-order valence-corrected chi connectivity index (χ3v) is 6.69. The molecule has 2 aliphatic heterocycles. The zero-order chi connectivity index (χ0) is 21.7. The molecule has 0 N–H and O–H groups in total. The monoisotopic (exact) mass is 560 g/mol. The van der Waals surface area contributed by atoms with Crippen molar-refractivity contribution in [2.75, 3.05) is 9.96 Å². The molecular formula is C23H15Br2ClN2O3. The minimum absolute atomic E-state index is 0.287. The summed E-state index contributed by atoms with van der Waals surface area (Å²) >= 11 is 13.0. The summed E-state index contributed by atoms with van der Waals surface area (Å²) in [4.78, 5) is 34.2. The maximum Gasteiger partial charge on any atom is 0.266 e. The molecule has 3 aromatic carbocycles. The van der Waals surface area contributed by atoms with E-state index in [0.29, 0.717) is 10.7 Å². The first-order valence-corrected chi connectivity index (χ1v) is 11.5. The number of benzene rings is 3. The first kappa shape index (κ1) is 20.7. The quantitative estimate of drug-likeness (QED) is 0.372. The van der Waals surface area contributed by atoms with Crippen LogP contribution in [0.4, 0.5) is 11.4 Å². The summed E-state index contributed by atoms with van der Waals surface area (Å²) in [5.41, 5.74) is 2.11. The molecule has 8 heteroatoms. The second kappa shape index (κ2) is 8.06. The maximum absolute atomic E-state index is 13.6. The van der Waals surface area contributed by atoms with E-state index in [1.807, 2.05) is 42.5 Å². The van der Waals surface area contributed by atoms with Crippen molar-refractivity contribution in [3.8, 4) is 0 Å². The van der Waals surface area contributed by atoms with Crippen LogP contribution in [-0.4, -0.2) is 17.9 Å². The highest BCUT2D eigenvalue weighted by atomic mass is 79.9. The zero-order valence-corrected chi connectivity index (χ0v) is 19.8. The molecule has 0 aromatic heterocycles. The Kier molecular flexibility index (Phi) is 5.38. The van der Waals surface area contributed by atoms with Gasteiger partial charge in [0.15, 0.2) is 6.10 Å². The first-order valence-electron chi connectivity index (χ1n) is 9.54. The molecular weight excluding hydrogens is 548 g/mol. The fourth-order valence-corrected chi connectivity index (χ4v) is 5.02. The molecule has 0 spiro atoms. The summed E-state index contributed by atoms with van der Waals surface area (Å²) in [6, 6.07) is 21.5. The van der Waals surface area contributed by atoms with Gasteiger partial charge < -0.3 is 0 Å². The molecule has 0 bridgehead atoms. The van der Waals surface area contributed by atoms with Crippen molar-refractivity contribution in [2.24, 2.45) is 5.92 Å². The van der Waals surface area contributed by atoms with Crippen LogP contribution in [0.25, 0.3) is 0 Å². The van der Waals surface area contributed by atoms with Gasteiger partial charge in [0.2, 0.25) is 5.91 Å². The Morgan fingerprint density at radius 2 is 1.42 bits per heavy atom. The minimum Gasteiger partial charge on any atom is -0.273 e. The molecule has 0 radical (unpaired) electrons. The number of imide groups is 1. The average molecular weight is 563 g/mol. The van der Waals surface area contributed by atoms with Crippen molar-refractivity contribution >= 4 is 66.6 Å². The number of hydrogen-bond donors (Lipinski definition) is 0. The van der Waals surface area contributed by atoms with Crippen LogP contribution in [0.15, 0.2) is 81.7 Å². The van der Waals surface area contributed by atoms with E-state index in [9.17, 15) is 9.59 Å². The van der Waals surface area contributed by atoms with Gasteiger partial charge in [0.1, 0.15) is 5.92 Å². The van der Waals surface area contributed by atoms with Crippen LogP contribution in [-0.2, 0) is 14.4 Å². The van der Waals surface area contributed by atoms with Gasteiger partial charge in [-0.3, -0.25) is 14.4 Å². The van der Waals surface area contributed by atoms with E-state index in [4.69, 9.17) is 16.4 Å². The van der Waals surface area contributed by atoms with Crippen molar-refractivity contribution in [2.45, 2.75) is 12.1 Å². The number of hydrogen-bond acceptors (Lipinski definition) is 4. The number of halogens is 3. The lowest BCUT2D eigenvalue weighted by molar-refractivity contribution is -0.126. The Balaban J connectivity index is 1.60. The van der Waals surface area contributed by atoms with Gasteiger partial charge in [-0.05, 0) is 54.1 Å². The summed E-state index contributed by atoms with van der Waals surface area (Å²) in [6.45, 7) is 0. The van der Waals surface area contributed by atoms with Gasteiger partial charge in [0.05, 0.1) is 17.4 Å². The predicted molar refractivity (Wildman–Crippen MR) is 126 cm³/mol. The lowest BCUT2D eigenvalue weighted by Gasteiger charge is -2.29. The fraction of sp³-hybridized carbons (Fsp3) is 0.130. The second-order valence-electron chi connectivity index (χ2n) is 7.35. The Labute approximate surface area is 200 Å². The lowest BCUT2D eigenvalue weighted by Crippen LogP contribution is -2.37. The van der Waals surface area contributed by atoms with E-state index in [1.165, 1.54) is 4.90 Å². The molecule has 2 saturated heterocycles. The van der Waals surface area contributed by atoms with Gasteiger partial charge >= 0.3 is 0 Å². The summed E-state index contributed by atoms with van der Waals surface area (Å²) in [6.07, 6.45) is -0.911. The molecule has 3 atom stereocenters. The topological polar surface area (TPSA) is 49.9 Å². The van der Waals surface area contributed by atoms with Crippen LogP contribution in [0, 0.1) is 5.92 Å². The molecule has 0 aliphatic carbocycles. The Hall–Kier alpha value is -2.19. The molecule has 156 valence electrons. The van der Waals surface area contributed by atoms with Crippen molar-refractivity contribution in [1.29, 1.82) is 0 Å². The molecule has 2 fully saturated rings. The fourth-order valence-electron chi connectivity index (χ4n) is 4.12. The van der Waals surface area contributed by atoms with Gasteiger partial charge in [0.25, 0.3) is 5.91 Å². The van der Waals surface area contributed by atoms with Crippen molar-refractivity contribution < 1.29 is 14.4 Å². The molecule has 2 amide bonds. The number of anilines is 2. The largest absolute Gasteiger partial charge is 0.273 e. The van der Waals surface area contributed by atoms with E-state index in [2.05, 4.69) is 31.9 Å². The van der Waals surface area contributed by atoms with Crippen LogP contribution < -0.4 is 9.96 Å². The molecule has 5 nitrogen and oxygen atoms in total. The Bertz CT molecular complexity index is 1190. The van der Waals surface area contributed by atoms with E-state index in [0.717, 1.165) is 20.2 Å². The Morgan fingerprint density at radius 3 is 2.06 bits per heavy atom. The van der Waals surface area contributed by atoms with Crippen LogP contribution in [0.3, 0.4) is 0 Å². The minimum atomic E-state index is -0.911. The van der Waals surface area contributed by atoms with E-state index in [1.54, 1.807) is 35.4 Å². The van der Waals surface area contributed by atoms with E-state index >= 15 is 0 Å². The van der Waals surface area contributed by atoms with Crippen molar-refractivity contribution in [3.63, 3.8) is 0 Å². The van der Waals surface area contributed by atoms with Gasteiger partial charge in [0, 0.05) is 14.0 Å². The number of carbonyl (C=O) groups is 2. The van der Waals surface area contributed by atoms with Crippen LogP contribution >= 0.6 is 43.5 Å². The van der Waals surface area contributed by atoms with Crippen LogP contribution in [0.1, 0.15) is 11.6 Å². The normalized spacial score (nSPS) is 22.9. The average Bonchev–Trinajstić information content (AvgIpc) is 3.25. The maximum atomic E-state index is 13.6. The Morgan fingerprint density at radius 1 is 0.806 bits per heavy atom. The number of carbonyl (C=O) groups excluding carboxylic acids is 2. The first-order chi connectivity index (χ1) is 14.9. The molecule has 5 rings (SSSR count). The zero-order valence-electron chi connectivity index (χ0n) is 15.9. The number of nitrogens with zero attached hydrogens (tertiary/aromatic N) is 2. The smallest absolute Gasteiger partial charge is 0.266 e. The van der Waals surface area contributed by atoms with Crippen molar-refractivity contribution in [1.82, 2.24) is 0 Å². The van der Waals surface area contributed by atoms with Gasteiger partial charge in [-0.2, -0.15) is 0 Å². The standard InChI is InChI=1S/C23H15Br2ClN2O3/c24-14-3-1-5-17(11-14)27-22(29)19-20(13-7-9-16(26)10-8-13)28(31-21(19)23(27)30)18-6-2-4-15(25)12-18/h1-12,19-21H/t19-,20-,21+/m0/s1. The van der Waals surface area contributed by atoms with Gasteiger partial charge in [-0.1, -0.05) is 67.7 Å². The number of fused-ring (bicyclic) bond motifs is 1. The summed E-state index contributed by atoms with van der Waals surface area (Å²) < 4.78 is 1.66. The highest BCUT2D eigenvalue weighted by molar-refractivity contribution is 9.10.